The number of amides is 1. The van der Waals surface area contributed by atoms with Crippen LogP contribution in [0.5, 0.6) is 5.75 Å². The number of ether oxygens (including phenoxy) is 1. The van der Waals surface area contributed by atoms with Crippen LogP contribution in [0.4, 0.5) is 0 Å². The highest BCUT2D eigenvalue weighted by Crippen LogP contribution is 2.29. The van der Waals surface area contributed by atoms with Gasteiger partial charge in [0.2, 0.25) is 0 Å². The van der Waals surface area contributed by atoms with Crippen LogP contribution in [0.3, 0.4) is 0 Å². The van der Waals surface area contributed by atoms with Crippen LogP contribution in [-0.2, 0) is 6.42 Å². The zero-order chi connectivity index (χ0) is 17.6. The first kappa shape index (κ1) is 17.6. The molecule has 1 amide bonds. The van der Waals surface area contributed by atoms with Crippen molar-refractivity contribution in [1.82, 2.24) is 10.3 Å². The molecule has 0 aliphatic carbocycles. The number of nitrogens with one attached hydrogen (secondary N) is 1. The lowest BCUT2D eigenvalue weighted by molar-refractivity contribution is 0.0957. The topological polar surface area (TPSA) is 51.2 Å². The molecule has 0 spiro atoms. The van der Waals surface area contributed by atoms with Crippen LogP contribution in [0.25, 0.3) is 10.6 Å². The Labute approximate surface area is 155 Å². The summed E-state index contributed by atoms with van der Waals surface area (Å²) < 4.78 is 5.46. The Balaban J connectivity index is 1.65. The van der Waals surface area contributed by atoms with Gasteiger partial charge < -0.3 is 10.1 Å². The number of nitrogens with zero attached hydrogens (tertiary/aromatic N) is 1. The van der Waals surface area contributed by atoms with E-state index >= 15 is 0 Å². The van der Waals surface area contributed by atoms with Gasteiger partial charge in [-0.2, -0.15) is 0 Å². The quantitative estimate of drug-likeness (QED) is 0.662. The van der Waals surface area contributed by atoms with Gasteiger partial charge in [-0.05, 0) is 56.0 Å². The van der Waals surface area contributed by atoms with Crippen LogP contribution in [0.1, 0.15) is 27.2 Å². The third-order valence-electron chi connectivity index (χ3n) is 3.65. The van der Waals surface area contributed by atoms with Crippen molar-refractivity contribution in [3.8, 4) is 16.3 Å². The summed E-state index contributed by atoms with van der Waals surface area (Å²) >= 11 is 3.13. The second-order valence-electron chi connectivity index (χ2n) is 5.48. The molecule has 0 saturated heterocycles. The monoisotopic (exact) mass is 372 g/mol. The molecule has 0 bridgehead atoms. The van der Waals surface area contributed by atoms with Crippen molar-refractivity contribution in [2.75, 3.05) is 13.2 Å². The van der Waals surface area contributed by atoms with E-state index in [1.165, 1.54) is 16.2 Å². The van der Waals surface area contributed by atoms with Gasteiger partial charge >= 0.3 is 0 Å². The molecule has 0 atom stereocenters. The average Bonchev–Trinajstić information content (AvgIpc) is 3.25. The van der Waals surface area contributed by atoms with Crippen LogP contribution in [0, 0.1) is 6.92 Å². The normalized spacial score (nSPS) is 10.6. The van der Waals surface area contributed by atoms with Gasteiger partial charge in [0.05, 0.1) is 12.3 Å². The fourth-order valence-corrected chi connectivity index (χ4v) is 4.12. The van der Waals surface area contributed by atoms with Crippen molar-refractivity contribution in [2.45, 2.75) is 20.3 Å². The first-order valence-electron chi connectivity index (χ1n) is 8.18. The second kappa shape index (κ2) is 8.27. The van der Waals surface area contributed by atoms with Crippen LogP contribution >= 0.6 is 22.7 Å². The zero-order valence-corrected chi connectivity index (χ0v) is 15.9. The molecule has 25 heavy (non-hydrogen) atoms. The number of benzene rings is 1. The van der Waals surface area contributed by atoms with Gasteiger partial charge in [-0.15, -0.1) is 22.7 Å². The van der Waals surface area contributed by atoms with Crippen molar-refractivity contribution in [2.24, 2.45) is 0 Å². The third-order valence-corrected chi connectivity index (χ3v) is 5.79. The minimum atomic E-state index is -0.0521. The Kier molecular flexibility index (Phi) is 5.83. The summed E-state index contributed by atoms with van der Waals surface area (Å²) in [6, 6.07) is 11.9. The van der Waals surface area contributed by atoms with Gasteiger partial charge in [0.25, 0.3) is 5.91 Å². The Morgan fingerprint density at radius 3 is 2.72 bits per heavy atom. The molecule has 2 aromatic heterocycles. The number of aryl methyl sites for hydroxylation is 1. The first-order chi connectivity index (χ1) is 12.2. The summed E-state index contributed by atoms with van der Waals surface area (Å²) in [6.07, 6.45) is 0.854. The molecule has 130 valence electrons. The van der Waals surface area contributed by atoms with Crippen molar-refractivity contribution < 1.29 is 9.53 Å². The van der Waals surface area contributed by atoms with E-state index in [0.717, 1.165) is 28.4 Å². The van der Waals surface area contributed by atoms with E-state index < -0.39 is 0 Å². The third kappa shape index (κ3) is 4.46. The smallest absolute Gasteiger partial charge is 0.263 e. The molecule has 4 nitrogen and oxygen atoms in total. The zero-order valence-electron chi connectivity index (χ0n) is 14.2. The lowest BCUT2D eigenvalue weighted by Crippen LogP contribution is -2.25. The predicted octanol–water partition coefficient (Wildman–Crippen LogP) is 4.55. The Hall–Kier alpha value is -2.18. The maximum Gasteiger partial charge on any atom is 0.263 e. The van der Waals surface area contributed by atoms with E-state index in [9.17, 15) is 4.79 Å². The molecular weight excluding hydrogens is 352 g/mol. The van der Waals surface area contributed by atoms with Gasteiger partial charge in [-0.3, -0.25) is 4.79 Å². The number of hydrogen-bond donors (Lipinski definition) is 1. The number of carbonyl (C=O) groups is 1. The SMILES string of the molecule is CCOc1ccc(-c2nc(C)c(C(=O)NCCc3cccs3)s2)cc1. The Morgan fingerprint density at radius 1 is 1.24 bits per heavy atom. The van der Waals surface area contributed by atoms with Gasteiger partial charge in [-0.25, -0.2) is 4.98 Å². The standard InChI is InChI=1S/C19H20N2O2S2/c1-3-23-15-8-6-14(7-9-15)19-21-13(2)17(25-19)18(22)20-11-10-16-5-4-12-24-16/h4-9,12H,3,10-11H2,1-2H3,(H,20,22). The van der Waals surface area contributed by atoms with Crippen LogP contribution in [0.2, 0.25) is 0 Å². The highest BCUT2D eigenvalue weighted by molar-refractivity contribution is 7.17. The summed E-state index contributed by atoms with van der Waals surface area (Å²) in [5.74, 6) is 0.787. The van der Waals surface area contributed by atoms with Crippen molar-refractivity contribution >= 4 is 28.6 Å². The summed E-state index contributed by atoms with van der Waals surface area (Å²) in [7, 11) is 0. The fraction of sp³-hybridized carbons (Fsp3) is 0.263. The van der Waals surface area contributed by atoms with Crippen LogP contribution in [-0.4, -0.2) is 24.0 Å². The first-order valence-corrected chi connectivity index (χ1v) is 9.88. The van der Waals surface area contributed by atoms with E-state index in [1.54, 1.807) is 11.3 Å². The Morgan fingerprint density at radius 2 is 2.04 bits per heavy atom. The molecular formula is C19H20N2O2S2. The minimum absolute atomic E-state index is 0.0521. The van der Waals surface area contributed by atoms with Gasteiger partial charge in [0.15, 0.2) is 0 Å². The molecule has 0 aliphatic heterocycles. The molecule has 0 radical (unpaired) electrons. The predicted molar refractivity (Wildman–Crippen MR) is 104 cm³/mol. The molecule has 1 aromatic carbocycles. The molecule has 0 saturated carbocycles. The van der Waals surface area contributed by atoms with Crippen LogP contribution in [0.15, 0.2) is 41.8 Å². The summed E-state index contributed by atoms with van der Waals surface area (Å²) in [5.41, 5.74) is 1.76. The largest absolute Gasteiger partial charge is 0.494 e. The average molecular weight is 373 g/mol. The number of thiazole rings is 1. The number of carbonyl (C=O) groups excluding carboxylic acids is 1. The van der Waals surface area contributed by atoms with Gasteiger partial charge in [0.1, 0.15) is 15.6 Å². The van der Waals surface area contributed by atoms with Crippen molar-refractivity contribution in [1.29, 1.82) is 0 Å². The van der Waals surface area contributed by atoms with E-state index in [4.69, 9.17) is 4.74 Å². The van der Waals surface area contributed by atoms with Crippen LogP contribution < -0.4 is 10.1 Å². The molecule has 6 heteroatoms. The highest BCUT2D eigenvalue weighted by Gasteiger charge is 2.16. The van der Waals surface area contributed by atoms with Crippen molar-refractivity contribution in [3.63, 3.8) is 0 Å². The summed E-state index contributed by atoms with van der Waals surface area (Å²) in [6.45, 7) is 5.12. The van der Waals surface area contributed by atoms with E-state index in [1.807, 2.05) is 49.6 Å². The van der Waals surface area contributed by atoms with Gasteiger partial charge in [-0.1, -0.05) is 6.07 Å². The molecule has 0 unspecified atom stereocenters. The maximum absolute atomic E-state index is 12.4. The molecule has 0 fully saturated rings. The maximum atomic E-state index is 12.4. The fourth-order valence-electron chi connectivity index (χ4n) is 2.43. The molecule has 2 heterocycles. The highest BCUT2D eigenvalue weighted by atomic mass is 32.1. The number of thiophene rings is 1. The van der Waals surface area contributed by atoms with E-state index in [2.05, 4.69) is 16.4 Å². The second-order valence-corrected chi connectivity index (χ2v) is 7.51. The number of aromatic nitrogens is 1. The lowest BCUT2D eigenvalue weighted by Gasteiger charge is -2.03. The summed E-state index contributed by atoms with van der Waals surface area (Å²) in [5, 5.41) is 5.89. The molecule has 3 aromatic rings. The number of hydrogen-bond acceptors (Lipinski definition) is 5. The minimum Gasteiger partial charge on any atom is -0.494 e. The van der Waals surface area contributed by atoms with Crippen molar-refractivity contribution in [3.05, 3.63) is 57.2 Å². The van der Waals surface area contributed by atoms with E-state index in [0.29, 0.717) is 18.0 Å². The summed E-state index contributed by atoms with van der Waals surface area (Å²) in [4.78, 5) is 18.9. The molecule has 3 rings (SSSR count). The molecule has 0 aliphatic rings. The number of rotatable bonds is 7. The lowest BCUT2D eigenvalue weighted by atomic mass is 10.2. The van der Waals surface area contributed by atoms with Gasteiger partial charge in [0, 0.05) is 17.0 Å². The van der Waals surface area contributed by atoms with E-state index in [-0.39, 0.29) is 5.91 Å². The molecule has 1 N–H and O–H groups in total. The Bertz CT molecular complexity index is 824.